The Morgan fingerprint density at radius 3 is 2.92 bits per heavy atom. The van der Waals surface area contributed by atoms with E-state index in [4.69, 9.17) is 5.73 Å². The van der Waals surface area contributed by atoms with Crippen LogP contribution in [-0.2, 0) is 16.0 Å². The lowest BCUT2D eigenvalue weighted by atomic mass is 10.0. The Morgan fingerprint density at radius 1 is 1.40 bits per heavy atom. The Morgan fingerprint density at radius 2 is 2.20 bits per heavy atom. The van der Waals surface area contributed by atoms with E-state index in [1.807, 2.05) is 13.1 Å². The second-order valence-electron chi connectivity index (χ2n) is 6.58. The van der Waals surface area contributed by atoms with Crippen LogP contribution in [0, 0.1) is 12.8 Å². The lowest BCUT2D eigenvalue weighted by Gasteiger charge is -2.23. The van der Waals surface area contributed by atoms with Crippen LogP contribution in [-0.4, -0.2) is 57.0 Å². The third kappa shape index (κ3) is 4.35. The molecule has 3 heterocycles. The molecule has 3 N–H and O–H groups in total. The van der Waals surface area contributed by atoms with Crippen LogP contribution in [0.1, 0.15) is 30.5 Å². The van der Waals surface area contributed by atoms with Crippen molar-refractivity contribution in [1.29, 1.82) is 0 Å². The van der Waals surface area contributed by atoms with E-state index >= 15 is 0 Å². The smallest absolute Gasteiger partial charge is 0.224 e. The number of imidazole rings is 1. The van der Waals surface area contributed by atoms with Gasteiger partial charge in [0.25, 0.3) is 0 Å². The molecule has 136 valence electrons. The maximum atomic E-state index is 12.5. The second-order valence-corrected chi connectivity index (χ2v) is 7.74. The van der Waals surface area contributed by atoms with Crippen LogP contribution in [0.4, 0.5) is 0 Å². The minimum atomic E-state index is -0.202. The summed E-state index contributed by atoms with van der Waals surface area (Å²) in [6, 6.07) is -0.0591. The number of nitrogens with zero attached hydrogens (tertiary/aromatic N) is 4. The normalized spacial score (nSPS) is 21.3. The molecule has 3 rings (SSSR count). The van der Waals surface area contributed by atoms with E-state index in [9.17, 15) is 9.59 Å². The van der Waals surface area contributed by atoms with Crippen LogP contribution in [0.25, 0.3) is 4.96 Å². The molecule has 0 bridgehead atoms. The van der Waals surface area contributed by atoms with Crippen LogP contribution in [0.2, 0.25) is 0 Å². The number of aryl methyl sites for hydroxylation is 1. The van der Waals surface area contributed by atoms with Crippen LogP contribution < -0.4 is 11.1 Å². The molecule has 25 heavy (non-hydrogen) atoms. The molecule has 0 radical (unpaired) electrons. The van der Waals surface area contributed by atoms with E-state index in [0.717, 1.165) is 22.1 Å². The van der Waals surface area contributed by atoms with Crippen LogP contribution in [0.5, 0.6) is 0 Å². The standard InChI is InChI=1S/C16H24N6O2S/c1-10-20-22-9-14(19-16(22)25-10)5-6-18-15(24)12-3-4-13(17)8-21(7-12)11(2)23/h9,12-13H,3-8,17H2,1-2H3,(H,18,24)/t12-,13+/m1/s1. The monoisotopic (exact) mass is 364 g/mol. The fourth-order valence-electron chi connectivity index (χ4n) is 3.12. The average Bonchev–Trinajstić information content (AvgIpc) is 2.98. The molecular weight excluding hydrogens is 340 g/mol. The molecule has 8 nitrogen and oxygen atoms in total. The van der Waals surface area contributed by atoms with Crippen molar-refractivity contribution in [2.24, 2.45) is 11.7 Å². The zero-order chi connectivity index (χ0) is 18.0. The van der Waals surface area contributed by atoms with Gasteiger partial charge in [-0.25, -0.2) is 9.50 Å². The van der Waals surface area contributed by atoms with Gasteiger partial charge in [0, 0.05) is 39.0 Å². The first-order valence-electron chi connectivity index (χ1n) is 8.53. The summed E-state index contributed by atoms with van der Waals surface area (Å²) in [6.07, 6.45) is 4.01. The summed E-state index contributed by atoms with van der Waals surface area (Å²) >= 11 is 1.54. The lowest BCUT2D eigenvalue weighted by molar-refractivity contribution is -0.131. The number of rotatable bonds is 4. The average molecular weight is 364 g/mol. The first-order valence-corrected chi connectivity index (χ1v) is 9.34. The van der Waals surface area contributed by atoms with Gasteiger partial charge < -0.3 is 16.0 Å². The molecular formula is C16H24N6O2S. The first-order chi connectivity index (χ1) is 11.9. The number of aromatic nitrogens is 3. The quantitative estimate of drug-likeness (QED) is 0.814. The Balaban J connectivity index is 1.52. The SMILES string of the molecule is CC(=O)N1C[C@@H](N)CC[C@@H](C(=O)NCCc2cn3nc(C)sc3n2)C1. The van der Waals surface area contributed by atoms with Gasteiger partial charge in [0.15, 0.2) is 0 Å². The molecule has 0 aromatic carbocycles. The van der Waals surface area contributed by atoms with Gasteiger partial charge in [-0.3, -0.25) is 9.59 Å². The maximum absolute atomic E-state index is 12.5. The highest BCUT2D eigenvalue weighted by atomic mass is 32.1. The Kier molecular flexibility index (Phi) is 5.33. The van der Waals surface area contributed by atoms with Crippen molar-refractivity contribution in [2.75, 3.05) is 19.6 Å². The van der Waals surface area contributed by atoms with Crippen molar-refractivity contribution in [1.82, 2.24) is 24.8 Å². The summed E-state index contributed by atoms with van der Waals surface area (Å²) in [6.45, 7) is 4.95. The molecule has 2 amide bonds. The van der Waals surface area contributed by atoms with Gasteiger partial charge in [0.1, 0.15) is 5.01 Å². The number of carbonyl (C=O) groups excluding carboxylic acids is 2. The minimum absolute atomic E-state index is 0.0182. The van der Waals surface area contributed by atoms with Gasteiger partial charge in [-0.2, -0.15) is 5.10 Å². The fraction of sp³-hybridized carbons (Fsp3) is 0.625. The second kappa shape index (κ2) is 7.49. The summed E-state index contributed by atoms with van der Waals surface area (Å²) in [5, 5.41) is 8.27. The predicted molar refractivity (Wildman–Crippen MR) is 95.3 cm³/mol. The molecule has 0 unspecified atom stereocenters. The molecule has 0 saturated carbocycles. The molecule has 1 aliphatic heterocycles. The highest BCUT2D eigenvalue weighted by Crippen LogP contribution is 2.17. The van der Waals surface area contributed by atoms with Gasteiger partial charge >= 0.3 is 0 Å². The van der Waals surface area contributed by atoms with E-state index in [1.54, 1.807) is 20.8 Å². The topological polar surface area (TPSA) is 106 Å². The van der Waals surface area contributed by atoms with E-state index in [2.05, 4.69) is 15.4 Å². The van der Waals surface area contributed by atoms with Gasteiger partial charge in [-0.05, 0) is 19.8 Å². The highest BCUT2D eigenvalue weighted by Gasteiger charge is 2.28. The molecule has 2 aromatic rings. The molecule has 2 aromatic heterocycles. The molecule has 9 heteroatoms. The van der Waals surface area contributed by atoms with Gasteiger partial charge in [-0.1, -0.05) is 11.3 Å². The third-order valence-electron chi connectivity index (χ3n) is 4.47. The summed E-state index contributed by atoms with van der Waals surface area (Å²) in [5.41, 5.74) is 6.91. The van der Waals surface area contributed by atoms with Gasteiger partial charge in [0.2, 0.25) is 16.8 Å². The number of likely N-dealkylation sites (tertiary alicyclic amines) is 1. The van der Waals surface area contributed by atoms with Gasteiger partial charge in [0.05, 0.1) is 17.8 Å². The van der Waals surface area contributed by atoms with Crippen molar-refractivity contribution in [3.05, 3.63) is 16.9 Å². The molecule has 0 spiro atoms. The zero-order valence-corrected chi connectivity index (χ0v) is 15.4. The number of nitrogens with two attached hydrogens (primary N) is 1. The lowest BCUT2D eigenvalue weighted by Crippen LogP contribution is -2.42. The Bertz CT molecular complexity index is 738. The number of amides is 2. The fourth-order valence-corrected chi connectivity index (χ4v) is 3.86. The number of fused-ring (bicyclic) bond motifs is 1. The summed E-state index contributed by atoms with van der Waals surface area (Å²) in [5.74, 6) is -0.251. The van der Waals surface area contributed by atoms with Crippen LogP contribution >= 0.6 is 11.3 Å². The summed E-state index contributed by atoms with van der Waals surface area (Å²) in [4.78, 5) is 31.2. The number of hydrogen-bond acceptors (Lipinski definition) is 6. The largest absolute Gasteiger partial charge is 0.355 e. The van der Waals surface area contributed by atoms with E-state index in [1.165, 1.54) is 6.92 Å². The van der Waals surface area contributed by atoms with Crippen molar-refractivity contribution < 1.29 is 9.59 Å². The van der Waals surface area contributed by atoms with Gasteiger partial charge in [-0.15, -0.1) is 0 Å². The number of hydrogen-bond donors (Lipinski definition) is 2. The molecule has 1 fully saturated rings. The van der Waals surface area contributed by atoms with Crippen LogP contribution in [0.15, 0.2) is 6.20 Å². The van der Waals surface area contributed by atoms with E-state index in [-0.39, 0.29) is 23.8 Å². The van der Waals surface area contributed by atoms with Crippen LogP contribution in [0.3, 0.4) is 0 Å². The molecule has 1 saturated heterocycles. The van der Waals surface area contributed by atoms with Crippen molar-refractivity contribution >= 4 is 28.1 Å². The molecule has 2 atom stereocenters. The third-order valence-corrected chi connectivity index (χ3v) is 5.31. The van der Waals surface area contributed by atoms with Crippen molar-refractivity contribution in [2.45, 2.75) is 39.2 Å². The highest BCUT2D eigenvalue weighted by molar-refractivity contribution is 7.16. The maximum Gasteiger partial charge on any atom is 0.224 e. The Hall–Kier alpha value is -2.00. The first kappa shape index (κ1) is 17.8. The zero-order valence-electron chi connectivity index (χ0n) is 14.6. The predicted octanol–water partition coefficient (Wildman–Crippen LogP) is 0.344. The van der Waals surface area contributed by atoms with Crippen molar-refractivity contribution in [3.63, 3.8) is 0 Å². The minimum Gasteiger partial charge on any atom is -0.355 e. The van der Waals surface area contributed by atoms with E-state index < -0.39 is 0 Å². The Labute approximate surface area is 150 Å². The molecule has 1 aliphatic rings. The number of nitrogens with one attached hydrogen (secondary N) is 1. The van der Waals surface area contributed by atoms with E-state index in [0.29, 0.717) is 32.5 Å². The number of carbonyl (C=O) groups is 2. The summed E-state index contributed by atoms with van der Waals surface area (Å²) < 4.78 is 1.77. The van der Waals surface area contributed by atoms with Crippen molar-refractivity contribution in [3.8, 4) is 0 Å². The molecule has 0 aliphatic carbocycles. The summed E-state index contributed by atoms with van der Waals surface area (Å²) in [7, 11) is 0.